The summed E-state index contributed by atoms with van der Waals surface area (Å²) in [6.45, 7) is 5.23. The van der Waals surface area contributed by atoms with Crippen LogP contribution in [0.15, 0.2) is 0 Å². The molecular weight excluding hydrogens is 186 g/mol. The molecule has 0 radical (unpaired) electrons. The third-order valence-corrected chi connectivity index (χ3v) is 4.36. The Labute approximate surface area is 93.0 Å². The first-order valence-electron chi connectivity index (χ1n) is 6.52. The van der Waals surface area contributed by atoms with Gasteiger partial charge in [0.25, 0.3) is 0 Å². The minimum absolute atomic E-state index is 0.170. The molecule has 15 heavy (non-hydrogen) atoms. The monoisotopic (exact) mass is 209 g/mol. The van der Waals surface area contributed by atoms with Gasteiger partial charge in [-0.1, -0.05) is 19.8 Å². The molecule has 0 bridgehead atoms. The molecule has 0 spiro atoms. The fourth-order valence-electron chi connectivity index (χ4n) is 3.40. The van der Waals surface area contributed by atoms with Crippen LogP contribution in [0.1, 0.15) is 52.4 Å². The highest BCUT2D eigenvalue weighted by molar-refractivity contribution is 5.83. The highest BCUT2D eigenvalue weighted by Crippen LogP contribution is 2.37. The molecule has 0 aromatic carbocycles. The molecule has 3 atom stereocenters. The summed E-state index contributed by atoms with van der Waals surface area (Å²) in [4.78, 5) is 14.2. The quantitative estimate of drug-likeness (QED) is 0.712. The van der Waals surface area contributed by atoms with Crippen molar-refractivity contribution in [2.75, 3.05) is 6.54 Å². The van der Waals surface area contributed by atoms with E-state index < -0.39 is 0 Å². The fourth-order valence-corrected chi connectivity index (χ4v) is 3.40. The molecule has 2 rings (SSSR count). The summed E-state index contributed by atoms with van der Waals surface area (Å²) in [6, 6.07) is 0.896. The van der Waals surface area contributed by atoms with E-state index in [0.717, 1.165) is 18.5 Å². The molecule has 2 nitrogen and oxygen atoms in total. The van der Waals surface area contributed by atoms with Crippen LogP contribution in [0.5, 0.6) is 0 Å². The highest BCUT2D eigenvalue weighted by Gasteiger charge is 2.38. The molecule has 2 fully saturated rings. The largest absolute Gasteiger partial charge is 0.298 e. The zero-order valence-electron chi connectivity index (χ0n) is 10.0. The Hall–Kier alpha value is -0.370. The Balaban J connectivity index is 2.00. The van der Waals surface area contributed by atoms with Gasteiger partial charge in [-0.15, -0.1) is 0 Å². The van der Waals surface area contributed by atoms with E-state index >= 15 is 0 Å². The Morgan fingerprint density at radius 1 is 1.33 bits per heavy atom. The lowest BCUT2D eigenvalue weighted by Crippen LogP contribution is -2.44. The van der Waals surface area contributed by atoms with Crippen molar-refractivity contribution in [3.63, 3.8) is 0 Å². The molecule has 1 heterocycles. The van der Waals surface area contributed by atoms with Gasteiger partial charge in [-0.05, 0) is 38.6 Å². The predicted molar refractivity (Wildman–Crippen MR) is 61.8 cm³/mol. The van der Waals surface area contributed by atoms with Crippen molar-refractivity contribution < 1.29 is 4.79 Å². The van der Waals surface area contributed by atoms with E-state index in [1.807, 2.05) is 6.92 Å². The average Bonchev–Trinajstić information content (AvgIpc) is 2.70. The number of likely N-dealkylation sites (tertiary alicyclic amines) is 1. The SMILES string of the molecule is CCC(=O)C(C)N1CCC2CCCCC21. The molecule has 2 aliphatic rings. The molecule has 1 saturated carbocycles. The van der Waals surface area contributed by atoms with Gasteiger partial charge in [-0.2, -0.15) is 0 Å². The number of Topliss-reactive ketones (excluding diaryl/α,β-unsaturated/α-hetero) is 1. The highest BCUT2D eigenvalue weighted by atomic mass is 16.1. The van der Waals surface area contributed by atoms with Crippen LogP contribution < -0.4 is 0 Å². The van der Waals surface area contributed by atoms with E-state index in [4.69, 9.17) is 0 Å². The van der Waals surface area contributed by atoms with Gasteiger partial charge in [0.2, 0.25) is 0 Å². The van der Waals surface area contributed by atoms with Crippen molar-refractivity contribution in [3.05, 3.63) is 0 Å². The maximum Gasteiger partial charge on any atom is 0.149 e. The zero-order chi connectivity index (χ0) is 10.8. The van der Waals surface area contributed by atoms with Crippen molar-refractivity contribution in [3.8, 4) is 0 Å². The molecular formula is C13H23NO. The summed E-state index contributed by atoms with van der Waals surface area (Å²) >= 11 is 0. The molecule has 0 aromatic heterocycles. The molecule has 1 aliphatic carbocycles. The van der Waals surface area contributed by atoms with Crippen molar-refractivity contribution in [1.82, 2.24) is 4.90 Å². The van der Waals surface area contributed by atoms with Gasteiger partial charge >= 0.3 is 0 Å². The third kappa shape index (κ3) is 2.10. The number of carbonyl (C=O) groups excluding carboxylic acids is 1. The minimum atomic E-state index is 0.170. The van der Waals surface area contributed by atoms with E-state index in [1.54, 1.807) is 0 Å². The molecule has 0 amide bonds. The molecule has 1 aliphatic heterocycles. The lowest BCUT2D eigenvalue weighted by Gasteiger charge is -2.34. The minimum Gasteiger partial charge on any atom is -0.298 e. The lowest BCUT2D eigenvalue weighted by atomic mass is 9.85. The van der Waals surface area contributed by atoms with E-state index in [1.165, 1.54) is 32.1 Å². The molecule has 0 aromatic rings. The molecule has 1 saturated heterocycles. The molecule has 3 unspecified atom stereocenters. The summed E-state index contributed by atoms with van der Waals surface area (Å²) in [5, 5.41) is 0. The first kappa shape index (κ1) is 11.1. The van der Waals surface area contributed by atoms with Gasteiger partial charge in [-0.3, -0.25) is 9.69 Å². The Bertz CT molecular complexity index is 239. The maximum atomic E-state index is 11.7. The van der Waals surface area contributed by atoms with Crippen molar-refractivity contribution in [2.24, 2.45) is 5.92 Å². The van der Waals surface area contributed by atoms with Crippen LogP contribution >= 0.6 is 0 Å². The normalized spacial score (nSPS) is 33.7. The van der Waals surface area contributed by atoms with Crippen LogP contribution in [0.4, 0.5) is 0 Å². The molecule has 86 valence electrons. The van der Waals surface area contributed by atoms with Gasteiger partial charge in [0.1, 0.15) is 5.78 Å². The number of hydrogen-bond acceptors (Lipinski definition) is 2. The van der Waals surface area contributed by atoms with Crippen LogP contribution in [0.3, 0.4) is 0 Å². The van der Waals surface area contributed by atoms with Gasteiger partial charge in [0.05, 0.1) is 6.04 Å². The fraction of sp³-hybridized carbons (Fsp3) is 0.923. The second kappa shape index (κ2) is 4.65. The number of nitrogens with zero attached hydrogens (tertiary/aromatic N) is 1. The smallest absolute Gasteiger partial charge is 0.149 e. The Morgan fingerprint density at radius 3 is 2.80 bits per heavy atom. The van der Waals surface area contributed by atoms with Crippen molar-refractivity contribution in [1.29, 1.82) is 0 Å². The summed E-state index contributed by atoms with van der Waals surface area (Å²) < 4.78 is 0. The summed E-state index contributed by atoms with van der Waals surface area (Å²) in [5.41, 5.74) is 0. The summed E-state index contributed by atoms with van der Waals surface area (Å²) in [6.07, 6.45) is 7.51. The maximum absolute atomic E-state index is 11.7. The first-order valence-corrected chi connectivity index (χ1v) is 6.52. The molecule has 2 heteroatoms. The summed E-state index contributed by atoms with van der Waals surface area (Å²) in [5.74, 6) is 1.31. The third-order valence-electron chi connectivity index (χ3n) is 4.36. The first-order chi connectivity index (χ1) is 7.24. The zero-order valence-corrected chi connectivity index (χ0v) is 10.0. The van der Waals surface area contributed by atoms with Gasteiger partial charge < -0.3 is 0 Å². The number of ketones is 1. The van der Waals surface area contributed by atoms with Crippen LogP contribution in [-0.2, 0) is 4.79 Å². The average molecular weight is 209 g/mol. The van der Waals surface area contributed by atoms with Crippen LogP contribution in [0.25, 0.3) is 0 Å². The lowest BCUT2D eigenvalue weighted by molar-refractivity contribution is -0.124. The predicted octanol–water partition coefficient (Wildman–Crippen LogP) is 2.62. The van der Waals surface area contributed by atoms with Crippen LogP contribution in [-0.4, -0.2) is 29.3 Å². The Morgan fingerprint density at radius 2 is 2.07 bits per heavy atom. The van der Waals surface area contributed by atoms with Gasteiger partial charge in [0, 0.05) is 12.5 Å². The number of hydrogen-bond donors (Lipinski definition) is 0. The second-order valence-corrected chi connectivity index (χ2v) is 5.13. The standard InChI is InChI=1S/C13H23NO/c1-3-13(15)10(2)14-9-8-11-6-4-5-7-12(11)14/h10-12H,3-9H2,1-2H3. The van der Waals surface area contributed by atoms with E-state index in [-0.39, 0.29) is 6.04 Å². The number of fused-ring (bicyclic) bond motifs is 1. The van der Waals surface area contributed by atoms with Gasteiger partial charge in [-0.25, -0.2) is 0 Å². The van der Waals surface area contributed by atoms with E-state index in [2.05, 4.69) is 11.8 Å². The van der Waals surface area contributed by atoms with E-state index in [0.29, 0.717) is 12.2 Å². The van der Waals surface area contributed by atoms with Gasteiger partial charge in [0.15, 0.2) is 0 Å². The summed E-state index contributed by atoms with van der Waals surface area (Å²) in [7, 11) is 0. The number of rotatable bonds is 3. The molecule has 0 N–H and O–H groups in total. The van der Waals surface area contributed by atoms with E-state index in [9.17, 15) is 4.79 Å². The Kier molecular flexibility index (Phi) is 3.45. The topological polar surface area (TPSA) is 20.3 Å². The van der Waals surface area contributed by atoms with Crippen molar-refractivity contribution in [2.45, 2.75) is 64.5 Å². The van der Waals surface area contributed by atoms with Crippen molar-refractivity contribution >= 4 is 5.78 Å². The van der Waals surface area contributed by atoms with Crippen LogP contribution in [0, 0.1) is 5.92 Å². The second-order valence-electron chi connectivity index (χ2n) is 5.13. The van der Waals surface area contributed by atoms with Crippen LogP contribution in [0.2, 0.25) is 0 Å². The number of carbonyl (C=O) groups is 1.